The van der Waals surface area contributed by atoms with Gasteiger partial charge in [-0.1, -0.05) is 54.1 Å². The van der Waals surface area contributed by atoms with Crippen LogP contribution in [0.15, 0.2) is 107 Å². The molecule has 39 heavy (non-hydrogen) atoms. The van der Waals surface area contributed by atoms with Crippen molar-refractivity contribution in [1.82, 2.24) is 23.7 Å². The second-order valence-electron chi connectivity index (χ2n) is 8.97. The van der Waals surface area contributed by atoms with Gasteiger partial charge in [0.25, 0.3) is 5.56 Å². The van der Waals surface area contributed by atoms with Crippen molar-refractivity contribution < 1.29 is 0 Å². The molecule has 6 aromatic rings. The summed E-state index contributed by atoms with van der Waals surface area (Å²) in [5.41, 5.74) is 9.50. The summed E-state index contributed by atoms with van der Waals surface area (Å²) >= 11 is 6.15. The van der Waals surface area contributed by atoms with Gasteiger partial charge in [-0.25, -0.2) is 19.3 Å². The summed E-state index contributed by atoms with van der Waals surface area (Å²) in [6.07, 6.45) is 1.66. The minimum Gasteiger partial charge on any atom is -0.384 e. The molecule has 0 aliphatic rings. The lowest BCUT2D eigenvalue weighted by molar-refractivity contribution is 0.730. The highest BCUT2D eigenvalue weighted by Crippen LogP contribution is 2.27. The fourth-order valence-electron chi connectivity index (χ4n) is 4.77. The van der Waals surface area contributed by atoms with Crippen LogP contribution in [0.4, 0.5) is 5.82 Å². The highest BCUT2D eigenvalue weighted by Gasteiger charge is 2.23. The predicted octanol–water partition coefficient (Wildman–Crippen LogP) is 5.32. The molecule has 0 saturated carbocycles. The van der Waals surface area contributed by atoms with E-state index in [-0.39, 0.29) is 16.8 Å². The second kappa shape index (κ2) is 9.74. The van der Waals surface area contributed by atoms with Crippen LogP contribution < -0.4 is 17.0 Å². The number of hydrogen-bond acceptors (Lipinski definition) is 5. The molecule has 2 N–H and O–H groups in total. The lowest BCUT2D eigenvalue weighted by Crippen LogP contribution is -2.26. The normalized spacial score (nSPS) is 11.2. The smallest absolute Gasteiger partial charge is 0.335 e. The lowest BCUT2D eigenvalue weighted by Gasteiger charge is -2.14. The summed E-state index contributed by atoms with van der Waals surface area (Å²) < 4.78 is 4.48. The van der Waals surface area contributed by atoms with Gasteiger partial charge in [0.15, 0.2) is 11.2 Å². The van der Waals surface area contributed by atoms with Crippen molar-refractivity contribution in [2.24, 2.45) is 0 Å². The van der Waals surface area contributed by atoms with E-state index in [2.05, 4.69) is 4.98 Å². The first-order chi connectivity index (χ1) is 19.0. The van der Waals surface area contributed by atoms with E-state index in [0.29, 0.717) is 45.8 Å². The molecule has 0 fully saturated rings. The minimum atomic E-state index is -0.350. The lowest BCUT2D eigenvalue weighted by atomic mass is 10.0. The number of halogens is 1. The van der Waals surface area contributed by atoms with Crippen LogP contribution in [-0.4, -0.2) is 23.7 Å². The van der Waals surface area contributed by atoms with Crippen LogP contribution in [0.5, 0.6) is 0 Å². The maximum Gasteiger partial charge on any atom is 0.335 e. The van der Waals surface area contributed by atoms with Gasteiger partial charge in [0, 0.05) is 23.3 Å². The van der Waals surface area contributed by atoms with Gasteiger partial charge in [-0.15, -0.1) is 0 Å². The van der Waals surface area contributed by atoms with Crippen molar-refractivity contribution in [2.45, 2.75) is 13.5 Å². The Morgan fingerprint density at radius 3 is 2.13 bits per heavy atom. The first-order valence-corrected chi connectivity index (χ1v) is 12.8. The molecule has 0 bridgehead atoms. The van der Waals surface area contributed by atoms with E-state index >= 15 is 0 Å². The first kappa shape index (κ1) is 24.4. The molecule has 9 heteroatoms. The van der Waals surface area contributed by atoms with Crippen molar-refractivity contribution in [1.29, 1.82) is 0 Å². The van der Waals surface area contributed by atoms with Gasteiger partial charge >= 0.3 is 5.69 Å². The van der Waals surface area contributed by atoms with Crippen LogP contribution in [0.25, 0.3) is 45.1 Å². The molecule has 0 aliphatic heterocycles. The molecule has 0 aliphatic carbocycles. The Labute approximate surface area is 228 Å². The number of benzene rings is 3. The van der Waals surface area contributed by atoms with Crippen LogP contribution >= 0.6 is 11.6 Å². The van der Waals surface area contributed by atoms with Gasteiger partial charge in [-0.3, -0.25) is 13.9 Å². The molecule has 0 saturated heterocycles. The summed E-state index contributed by atoms with van der Waals surface area (Å²) in [6, 6.07) is 27.5. The van der Waals surface area contributed by atoms with Crippen LogP contribution in [0, 0.1) is 0 Å². The SMILES string of the molecule is CCn1c(=O)n(-c2ccccc2)c2nc(-c3ccc(-c4ccnc(N)c4)cc3)n(-c3ccc(Cl)cc3)c(=O)c21. The number of hydrogen-bond donors (Lipinski definition) is 1. The molecule has 0 amide bonds. The first-order valence-electron chi connectivity index (χ1n) is 12.4. The van der Waals surface area contributed by atoms with Crippen molar-refractivity contribution in [3.63, 3.8) is 0 Å². The third-order valence-electron chi connectivity index (χ3n) is 6.62. The van der Waals surface area contributed by atoms with Crippen molar-refractivity contribution in [2.75, 3.05) is 5.73 Å². The summed E-state index contributed by atoms with van der Waals surface area (Å²) in [5, 5.41) is 0.545. The van der Waals surface area contributed by atoms with E-state index in [1.807, 2.05) is 67.6 Å². The minimum absolute atomic E-state index is 0.230. The number of aromatic nitrogens is 5. The number of imidazole rings is 1. The van der Waals surface area contributed by atoms with Gasteiger partial charge in [0.05, 0.1) is 11.4 Å². The Kier molecular flexibility index (Phi) is 6.09. The second-order valence-corrected chi connectivity index (χ2v) is 9.41. The van der Waals surface area contributed by atoms with Gasteiger partial charge in [0.1, 0.15) is 11.6 Å². The number of nitrogen functional groups attached to an aromatic ring is 1. The molecule has 192 valence electrons. The highest BCUT2D eigenvalue weighted by atomic mass is 35.5. The van der Waals surface area contributed by atoms with Gasteiger partial charge in [-0.2, -0.15) is 0 Å². The zero-order valence-electron chi connectivity index (χ0n) is 21.0. The van der Waals surface area contributed by atoms with E-state index in [0.717, 1.165) is 11.1 Å². The third-order valence-corrected chi connectivity index (χ3v) is 6.87. The number of rotatable bonds is 5. The van der Waals surface area contributed by atoms with E-state index in [1.165, 1.54) is 13.7 Å². The van der Waals surface area contributed by atoms with Crippen molar-refractivity contribution in [3.05, 3.63) is 123 Å². The largest absolute Gasteiger partial charge is 0.384 e. The van der Waals surface area contributed by atoms with Crippen LogP contribution in [-0.2, 0) is 6.54 Å². The summed E-state index contributed by atoms with van der Waals surface area (Å²) in [5.74, 6) is 0.827. The van der Waals surface area contributed by atoms with E-state index in [9.17, 15) is 9.59 Å². The molecule has 3 aromatic heterocycles. The fourth-order valence-corrected chi connectivity index (χ4v) is 4.89. The Balaban J connectivity index is 1.66. The maximum atomic E-state index is 14.2. The monoisotopic (exact) mass is 534 g/mol. The zero-order valence-corrected chi connectivity index (χ0v) is 21.7. The Morgan fingerprint density at radius 2 is 1.46 bits per heavy atom. The molecule has 3 heterocycles. The van der Waals surface area contributed by atoms with Gasteiger partial charge < -0.3 is 5.73 Å². The van der Waals surface area contributed by atoms with E-state index in [4.69, 9.17) is 22.3 Å². The average Bonchev–Trinajstić information content (AvgIpc) is 3.25. The highest BCUT2D eigenvalue weighted by molar-refractivity contribution is 6.30. The topological polar surface area (TPSA) is 101 Å². The molecular formula is C30H23ClN6O2. The van der Waals surface area contributed by atoms with Gasteiger partial charge in [0.2, 0.25) is 0 Å². The van der Waals surface area contributed by atoms with Crippen LogP contribution in [0.1, 0.15) is 6.92 Å². The summed E-state index contributed by atoms with van der Waals surface area (Å²) in [7, 11) is 0. The summed E-state index contributed by atoms with van der Waals surface area (Å²) in [4.78, 5) is 36.8. The Bertz CT molecular complexity index is 1940. The molecule has 0 radical (unpaired) electrons. The van der Waals surface area contributed by atoms with Crippen molar-refractivity contribution >= 4 is 28.6 Å². The van der Waals surface area contributed by atoms with Crippen molar-refractivity contribution in [3.8, 4) is 33.9 Å². The molecule has 6 rings (SSSR count). The molecule has 3 aromatic carbocycles. The average molecular weight is 535 g/mol. The number of para-hydroxylation sites is 1. The number of pyridine rings is 1. The van der Waals surface area contributed by atoms with Crippen LogP contribution in [0.2, 0.25) is 5.02 Å². The zero-order chi connectivity index (χ0) is 27.1. The molecule has 8 nitrogen and oxygen atoms in total. The molecule has 0 atom stereocenters. The molecular weight excluding hydrogens is 512 g/mol. The van der Waals surface area contributed by atoms with Gasteiger partial charge in [-0.05, 0) is 66.6 Å². The third kappa shape index (κ3) is 4.20. The van der Waals surface area contributed by atoms with E-state index < -0.39 is 0 Å². The quantitative estimate of drug-likeness (QED) is 0.322. The number of fused-ring (bicyclic) bond motifs is 1. The maximum absolute atomic E-state index is 14.2. The standard InChI is InChI=1S/C30H23ClN6O2/c1-2-35-26-28(37(30(35)39)23-6-4-3-5-7-23)34-27(36(29(26)38)24-14-12-22(31)13-15-24)20-10-8-19(9-11-20)21-16-17-33-25(32)18-21/h3-18H,2H2,1H3,(H2,32,33). The van der Waals surface area contributed by atoms with E-state index in [1.54, 1.807) is 36.5 Å². The summed E-state index contributed by atoms with van der Waals surface area (Å²) in [6.45, 7) is 2.15. The molecule has 0 spiro atoms. The molecule has 0 unspecified atom stereocenters. The Morgan fingerprint density at radius 1 is 0.795 bits per heavy atom. The predicted molar refractivity (Wildman–Crippen MR) is 155 cm³/mol. The number of anilines is 1. The number of aryl methyl sites for hydroxylation is 1. The fraction of sp³-hybridized carbons (Fsp3) is 0.0667. The number of nitrogens with two attached hydrogens (primary N) is 1. The number of nitrogens with zero attached hydrogens (tertiary/aromatic N) is 5. The van der Waals surface area contributed by atoms with Crippen LogP contribution in [0.3, 0.4) is 0 Å². The Hall–Kier alpha value is -4.95.